The van der Waals surface area contributed by atoms with Crippen LogP contribution in [0.2, 0.25) is 0 Å². The third kappa shape index (κ3) is 4.05. The molecule has 3 heterocycles. The van der Waals surface area contributed by atoms with Gasteiger partial charge >= 0.3 is 0 Å². The van der Waals surface area contributed by atoms with Crippen molar-refractivity contribution in [2.45, 2.75) is 13.5 Å². The van der Waals surface area contributed by atoms with Crippen LogP contribution < -0.4 is 16.6 Å². The molecule has 0 saturated heterocycles. The van der Waals surface area contributed by atoms with Gasteiger partial charge in [-0.3, -0.25) is 14.8 Å². The molecule has 3 aromatic heterocycles. The van der Waals surface area contributed by atoms with Gasteiger partial charge in [-0.2, -0.15) is 0 Å². The van der Waals surface area contributed by atoms with Crippen LogP contribution >= 0.6 is 11.3 Å². The summed E-state index contributed by atoms with van der Waals surface area (Å²) in [5, 5.41) is 23.8. The van der Waals surface area contributed by atoms with Gasteiger partial charge in [-0.05, 0) is 42.1 Å². The van der Waals surface area contributed by atoms with E-state index in [1.807, 2.05) is 12.3 Å². The lowest BCUT2D eigenvalue weighted by atomic mass is 10.0. The number of nitrogen functional groups attached to an aromatic ring is 1. The average Bonchev–Trinajstić information content (AvgIpc) is 3.24. The molecule has 5 aromatic rings. The highest BCUT2D eigenvalue weighted by Crippen LogP contribution is 2.26. The number of aromatic hydroxyl groups is 1. The van der Waals surface area contributed by atoms with Crippen LogP contribution in [0.15, 0.2) is 65.0 Å². The van der Waals surface area contributed by atoms with Gasteiger partial charge in [0, 0.05) is 5.56 Å². The maximum absolute atomic E-state index is 14.8. The molecule has 0 radical (unpaired) electrons. The van der Waals surface area contributed by atoms with Gasteiger partial charge in [0.25, 0.3) is 5.56 Å². The van der Waals surface area contributed by atoms with Crippen molar-refractivity contribution in [1.82, 2.24) is 19.5 Å². The van der Waals surface area contributed by atoms with E-state index in [1.165, 1.54) is 46.5 Å². The first-order valence-electron chi connectivity index (χ1n) is 10.8. The van der Waals surface area contributed by atoms with E-state index < -0.39 is 5.82 Å². The Hall–Kier alpha value is -4.64. The van der Waals surface area contributed by atoms with Gasteiger partial charge in [-0.15, -0.1) is 11.3 Å². The number of halogens is 1. The molecule has 9 nitrogen and oxygen atoms in total. The third-order valence-corrected chi connectivity index (χ3v) is 6.62. The number of anilines is 2. The van der Waals surface area contributed by atoms with Gasteiger partial charge in [0.05, 0.1) is 28.9 Å². The van der Waals surface area contributed by atoms with Gasteiger partial charge in [-0.25, -0.2) is 19.3 Å². The number of benzene rings is 2. The molecule has 5 rings (SSSR count). The molecule has 0 aliphatic carbocycles. The summed E-state index contributed by atoms with van der Waals surface area (Å²) >= 11 is 1.33. The van der Waals surface area contributed by atoms with Gasteiger partial charge in [0.2, 0.25) is 0 Å². The molecule has 0 spiro atoms. The Morgan fingerprint density at radius 2 is 2.03 bits per heavy atom. The Morgan fingerprint density at radius 1 is 1.22 bits per heavy atom. The van der Waals surface area contributed by atoms with E-state index >= 15 is 0 Å². The van der Waals surface area contributed by atoms with Crippen LogP contribution in [0.1, 0.15) is 22.5 Å². The summed E-state index contributed by atoms with van der Waals surface area (Å²) in [7, 11) is 0. The average molecular weight is 502 g/mol. The second kappa shape index (κ2) is 9.19. The lowest BCUT2D eigenvalue weighted by molar-refractivity contribution is 0.475. The van der Waals surface area contributed by atoms with E-state index in [4.69, 9.17) is 11.1 Å². The number of hydrogen-bond donors (Lipinski definition) is 4. The molecule has 180 valence electrons. The van der Waals surface area contributed by atoms with E-state index in [0.717, 1.165) is 5.56 Å². The molecule has 2 aromatic carbocycles. The molecule has 0 aliphatic heterocycles. The minimum atomic E-state index is -0.562. The summed E-state index contributed by atoms with van der Waals surface area (Å²) < 4.78 is 16.0. The number of fused-ring (bicyclic) bond motifs is 1. The molecule has 0 aliphatic rings. The van der Waals surface area contributed by atoms with E-state index in [2.05, 4.69) is 20.3 Å². The molecule has 0 unspecified atom stereocenters. The Kier molecular flexibility index (Phi) is 5.90. The first-order valence-corrected chi connectivity index (χ1v) is 11.7. The Labute approximate surface area is 208 Å². The van der Waals surface area contributed by atoms with Crippen LogP contribution in [0.25, 0.3) is 15.9 Å². The van der Waals surface area contributed by atoms with E-state index in [0.29, 0.717) is 15.8 Å². The van der Waals surface area contributed by atoms with Gasteiger partial charge in [0.1, 0.15) is 40.2 Å². The van der Waals surface area contributed by atoms with Crippen LogP contribution in [0.3, 0.4) is 0 Å². The first kappa shape index (κ1) is 23.1. The number of nitrogens with zero attached hydrogens (tertiary/aromatic N) is 4. The number of nitrogens with two attached hydrogens (primary N) is 1. The van der Waals surface area contributed by atoms with E-state index in [-0.39, 0.29) is 52.3 Å². The molecular weight excluding hydrogens is 481 g/mol. The van der Waals surface area contributed by atoms with Crippen molar-refractivity contribution < 1.29 is 9.50 Å². The van der Waals surface area contributed by atoms with Crippen molar-refractivity contribution in [2.75, 3.05) is 11.1 Å². The lowest BCUT2D eigenvalue weighted by Gasteiger charge is -2.16. The summed E-state index contributed by atoms with van der Waals surface area (Å²) in [6.45, 7) is 1.79. The number of para-hydroxylation sites is 1. The fraction of sp³-hybridized carbons (Fsp3) is 0.0800. The Bertz CT molecular complexity index is 1700. The van der Waals surface area contributed by atoms with Crippen molar-refractivity contribution in [1.29, 1.82) is 5.41 Å². The monoisotopic (exact) mass is 501 g/mol. The second-order valence-corrected chi connectivity index (χ2v) is 8.84. The smallest absolute Gasteiger partial charge is 0.267 e. The maximum atomic E-state index is 14.8. The van der Waals surface area contributed by atoms with Crippen LogP contribution in [-0.2, 0) is 6.54 Å². The molecule has 0 fully saturated rings. The van der Waals surface area contributed by atoms with Crippen LogP contribution in [-0.4, -0.2) is 30.3 Å². The van der Waals surface area contributed by atoms with Crippen LogP contribution in [0, 0.1) is 18.2 Å². The second-order valence-electron chi connectivity index (χ2n) is 7.98. The lowest BCUT2D eigenvalue weighted by Crippen LogP contribution is -2.26. The fourth-order valence-electron chi connectivity index (χ4n) is 3.92. The van der Waals surface area contributed by atoms with Gasteiger partial charge < -0.3 is 16.2 Å². The molecule has 0 bridgehead atoms. The fourth-order valence-corrected chi connectivity index (χ4v) is 4.85. The Morgan fingerprint density at radius 3 is 2.81 bits per heavy atom. The molecule has 0 saturated carbocycles. The number of phenols is 1. The quantitative estimate of drug-likeness (QED) is 0.258. The molecule has 0 atom stereocenters. The van der Waals surface area contributed by atoms with Crippen molar-refractivity contribution in [2.24, 2.45) is 0 Å². The number of aromatic nitrogens is 4. The number of nitrogens with one attached hydrogen (secondary N) is 2. The van der Waals surface area contributed by atoms with Crippen molar-refractivity contribution in [3.63, 3.8) is 0 Å². The largest absolute Gasteiger partial charge is 0.508 e. The molecular formula is C25H20FN7O2S. The summed E-state index contributed by atoms with van der Waals surface area (Å²) in [4.78, 5) is 26.9. The minimum absolute atomic E-state index is 0.000159. The minimum Gasteiger partial charge on any atom is -0.508 e. The first-order chi connectivity index (χ1) is 17.3. The SMILES string of the molecule is Cc1csc2nc(CNc3ncnc(N)c3C(=N)c3cccc(O)c3)n(-c3ccccc3F)c(=O)c12. The normalized spacial score (nSPS) is 11.1. The summed E-state index contributed by atoms with van der Waals surface area (Å²) in [5.41, 5.74) is 7.19. The molecule has 36 heavy (non-hydrogen) atoms. The maximum Gasteiger partial charge on any atom is 0.267 e. The Balaban J connectivity index is 1.60. The zero-order valence-electron chi connectivity index (χ0n) is 19.0. The molecule has 0 amide bonds. The van der Waals surface area contributed by atoms with Crippen molar-refractivity contribution >= 4 is 38.9 Å². The number of phenolic OH excluding ortho intramolecular Hbond substituents is 1. The van der Waals surface area contributed by atoms with Gasteiger partial charge in [0.15, 0.2) is 0 Å². The zero-order valence-corrected chi connectivity index (χ0v) is 19.8. The summed E-state index contributed by atoms with van der Waals surface area (Å²) in [5.74, 6) is -0.0175. The van der Waals surface area contributed by atoms with Crippen LogP contribution in [0.4, 0.5) is 16.0 Å². The zero-order chi connectivity index (χ0) is 25.4. The third-order valence-electron chi connectivity index (χ3n) is 5.63. The van der Waals surface area contributed by atoms with Crippen molar-refractivity contribution in [3.8, 4) is 11.4 Å². The van der Waals surface area contributed by atoms with E-state index in [1.54, 1.807) is 24.3 Å². The van der Waals surface area contributed by atoms with Crippen LogP contribution in [0.5, 0.6) is 5.75 Å². The summed E-state index contributed by atoms with van der Waals surface area (Å²) in [6.07, 6.45) is 1.25. The number of aryl methyl sites for hydroxylation is 1. The molecule has 11 heteroatoms. The molecule has 5 N–H and O–H groups in total. The topological polar surface area (TPSA) is 143 Å². The van der Waals surface area contributed by atoms with Crippen molar-refractivity contribution in [3.05, 3.63) is 98.9 Å². The standard InChI is InChI=1S/C25H20FN7O2S/c1-13-11-36-24-19(13)25(35)33(17-8-3-2-7-16(17)26)18(32-24)10-29-23-20(22(28)30-12-31-23)21(27)14-5-4-6-15(34)9-14/h2-9,11-12,27,34H,10H2,1H3,(H3,28,29,30,31). The highest BCUT2D eigenvalue weighted by atomic mass is 32.1. The number of thiophene rings is 1. The van der Waals surface area contributed by atoms with Gasteiger partial charge in [-0.1, -0.05) is 24.3 Å². The number of hydrogen-bond acceptors (Lipinski definition) is 9. The highest BCUT2D eigenvalue weighted by Gasteiger charge is 2.20. The predicted molar refractivity (Wildman–Crippen MR) is 138 cm³/mol. The van der Waals surface area contributed by atoms with E-state index in [9.17, 15) is 14.3 Å². The summed E-state index contributed by atoms with van der Waals surface area (Å²) in [6, 6.07) is 12.2. The number of rotatable bonds is 6. The highest BCUT2D eigenvalue weighted by molar-refractivity contribution is 7.16. The predicted octanol–water partition coefficient (Wildman–Crippen LogP) is 4.00.